The first-order valence-electron chi connectivity index (χ1n) is 6.24. The van der Waals surface area contributed by atoms with Crippen LogP contribution in [0.25, 0.3) is 0 Å². The Kier molecular flexibility index (Phi) is 6.20. The molecule has 0 aliphatic heterocycles. The maximum Gasteiger partial charge on any atom is 0.0540 e. The van der Waals surface area contributed by atoms with Crippen molar-refractivity contribution in [1.82, 2.24) is 5.32 Å². The van der Waals surface area contributed by atoms with Gasteiger partial charge in [-0.25, -0.2) is 0 Å². The van der Waals surface area contributed by atoms with Gasteiger partial charge in [0.25, 0.3) is 0 Å². The number of unbranched alkanes of at least 4 members (excludes halogenated alkanes) is 1. The molecular weight excluding hydrogens is 174 g/mol. The molecule has 0 aromatic carbocycles. The maximum absolute atomic E-state index is 9.49. The molecule has 0 heterocycles. The third-order valence-corrected chi connectivity index (χ3v) is 3.14. The summed E-state index contributed by atoms with van der Waals surface area (Å²) in [4.78, 5) is 0. The summed E-state index contributed by atoms with van der Waals surface area (Å²) in [6, 6.07) is 0.717. The molecule has 84 valence electrons. The van der Waals surface area contributed by atoms with Crippen molar-refractivity contribution in [2.24, 2.45) is 0 Å². The van der Waals surface area contributed by atoms with Gasteiger partial charge in [0.05, 0.1) is 6.10 Å². The molecule has 1 aliphatic rings. The number of aliphatic hydroxyl groups is 1. The van der Waals surface area contributed by atoms with Gasteiger partial charge in [-0.15, -0.1) is 0 Å². The molecular formula is C12H25NO. The summed E-state index contributed by atoms with van der Waals surface area (Å²) in [5, 5.41) is 13.1. The van der Waals surface area contributed by atoms with Gasteiger partial charge >= 0.3 is 0 Å². The number of rotatable bonds is 4. The Morgan fingerprint density at radius 3 is 2.36 bits per heavy atom. The summed E-state index contributed by atoms with van der Waals surface area (Å²) in [6.07, 6.45) is 9.43. The van der Waals surface area contributed by atoms with Gasteiger partial charge in [-0.1, -0.05) is 13.3 Å². The van der Waals surface area contributed by atoms with Gasteiger partial charge in [0.15, 0.2) is 0 Å². The molecule has 14 heavy (non-hydrogen) atoms. The Morgan fingerprint density at radius 2 is 1.79 bits per heavy atom. The zero-order valence-electron chi connectivity index (χ0n) is 9.47. The van der Waals surface area contributed by atoms with Crippen molar-refractivity contribution in [2.75, 3.05) is 6.54 Å². The van der Waals surface area contributed by atoms with Gasteiger partial charge < -0.3 is 10.4 Å². The summed E-state index contributed by atoms with van der Waals surface area (Å²) >= 11 is 0. The molecule has 0 aromatic heterocycles. The maximum atomic E-state index is 9.49. The van der Waals surface area contributed by atoms with E-state index >= 15 is 0 Å². The predicted octanol–water partition coefficient (Wildman–Crippen LogP) is 2.46. The fourth-order valence-corrected chi connectivity index (χ4v) is 2.18. The van der Waals surface area contributed by atoms with Crippen LogP contribution in [0.5, 0.6) is 0 Å². The first-order valence-corrected chi connectivity index (χ1v) is 6.24. The van der Waals surface area contributed by atoms with Crippen LogP contribution in [0.15, 0.2) is 0 Å². The van der Waals surface area contributed by atoms with E-state index in [0.717, 1.165) is 12.8 Å². The van der Waals surface area contributed by atoms with Crippen molar-refractivity contribution < 1.29 is 5.11 Å². The van der Waals surface area contributed by atoms with Crippen LogP contribution in [0.2, 0.25) is 0 Å². The van der Waals surface area contributed by atoms with Crippen LogP contribution in [0, 0.1) is 0 Å². The zero-order chi connectivity index (χ0) is 10.2. The van der Waals surface area contributed by atoms with Gasteiger partial charge in [0, 0.05) is 6.04 Å². The Hall–Kier alpha value is -0.0800. The molecule has 2 heteroatoms. The van der Waals surface area contributed by atoms with E-state index in [9.17, 15) is 5.11 Å². The minimum atomic E-state index is -0.0217. The molecule has 1 aliphatic carbocycles. The SMILES string of the molecule is CCCCNC1CCCC(O)CCC1. The molecule has 0 spiro atoms. The normalized spacial score (nSPS) is 29.6. The summed E-state index contributed by atoms with van der Waals surface area (Å²) < 4.78 is 0. The van der Waals surface area contributed by atoms with E-state index < -0.39 is 0 Å². The number of nitrogens with one attached hydrogen (secondary N) is 1. The van der Waals surface area contributed by atoms with E-state index in [0.29, 0.717) is 6.04 Å². The van der Waals surface area contributed by atoms with E-state index in [1.165, 1.54) is 45.1 Å². The van der Waals surface area contributed by atoms with Crippen LogP contribution < -0.4 is 5.32 Å². The molecule has 0 saturated heterocycles. The van der Waals surface area contributed by atoms with E-state index in [1.54, 1.807) is 0 Å². The second kappa shape index (κ2) is 7.24. The van der Waals surface area contributed by atoms with Crippen molar-refractivity contribution in [3.8, 4) is 0 Å². The van der Waals surface area contributed by atoms with Crippen LogP contribution in [0.1, 0.15) is 58.3 Å². The Morgan fingerprint density at radius 1 is 1.14 bits per heavy atom. The third-order valence-electron chi connectivity index (χ3n) is 3.14. The Bertz CT molecular complexity index is 126. The summed E-state index contributed by atoms with van der Waals surface area (Å²) in [5.41, 5.74) is 0. The first-order chi connectivity index (χ1) is 6.83. The standard InChI is InChI=1S/C12H25NO/c1-2-3-10-13-11-6-4-8-12(14)9-5-7-11/h11-14H,2-10H2,1H3. The molecule has 2 nitrogen and oxygen atoms in total. The molecule has 0 amide bonds. The largest absolute Gasteiger partial charge is 0.393 e. The number of aliphatic hydroxyl groups excluding tert-OH is 1. The van der Waals surface area contributed by atoms with Gasteiger partial charge in [-0.2, -0.15) is 0 Å². The lowest BCUT2D eigenvalue weighted by Crippen LogP contribution is -2.31. The van der Waals surface area contributed by atoms with Crippen LogP contribution in [0.3, 0.4) is 0 Å². The average molecular weight is 199 g/mol. The number of hydrogen-bond acceptors (Lipinski definition) is 2. The smallest absolute Gasteiger partial charge is 0.0540 e. The third kappa shape index (κ3) is 4.97. The lowest BCUT2D eigenvalue weighted by Gasteiger charge is -2.23. The van der Waals surface area contributed by atoms with Crippen LogP contribution in [-0.2, 0) is 0 Å². The van der Waals surface area contributed by atoms with Crippen LogP contribution in [0.4, 0.5) is 0 Å². The summed E-state index contributed by atoms with van der Waals surface area (Å²) in [7, 11) is 0. The van der Waals surface area contributed by atoms with Gasteiger partial charge in [0.1, 0.15) is 0 Å². The molecule has 1 fully saturated rings. The van der Waals surface area contributed by atoms with Crippen molar-refractivity contribution in [3.05, 3.63) is 0 Å². The highest BCUT2D eigenvalue weighted by Crippen LogP contribution is 2.17. The van der Waals surface area contributed by atoms with E-state index in [-0.39, 0.29) is 6.10 Å². The van der Waals surface area contributed by atoms with E-state index in [1.807, 2.05) is 0 Å². The van der Waals surface area contributed by atoms with Gasteiger partial charge in [-0.3, -0.25) is 0 Å². The lowest BCUT2D eigenvalue weighted by atomic mass is 9.95. The lowest BCUT2D eigenvalue weighted by molar-refractivity contribution is 0.137. The molecule has 2 N–H and O–H groups in total. The average Bonchev–Trinajstić information content (AvgIpc) is 2.14. The molecule has 0 atom stereocenters. The van der Waals surface area contributed by atoms with Crippen molar-refractivity contribution in [1.29, 1.82) is 0 Å². The van der Waals surface area contributed by atoms with Crippen molar-refractivity contribution in [3.63, 3.8) is 0 Å². The minimum Gasteiger partial charge on any atom is -0.393 e. The monoisotopic (exact) mass is 199 g/mol. The molecule has 0 radical (unpaired) electrons. The highest BCUT2D eigenvalue weighted by Gasteiger charge is 2.14. The molecule has 0 bridgehead atoms. The van der Waals surface area contributed by atoms with Crippen molar-refractivity contribution in [2.45, 2.75) is 70.4 Å². The Labute approximate surface area is 88.1 Å². The first kappa shape index (κ1) is 12.0. The fraction of sp³-hybridized carbons (Fsp3) is 1.00. The summed E-state index contributed by atoms with van der Waals surface area (Å²) in [6.45, 7) is 3.40. The molecule has 0 aromatic rings. The Balaban J connectivity index is 2.12. The zero-order valence-corrected chi connectivity index (χ0v) is 9.47. The second-order valence-corrected chi connectivity index (χ2v) is 4.52. The predicted molar refractivity (Wildman–Crippen MR) is 60.4 cm³/mol. The second-order valence-electron chi connectivity index (χ2n) is 4.52. The van der Waals surface area contributed by atoms with Crippen LogP contribution >= 0.6 is 0 Å². The van der Waals surface area contributed by atoms with Gasteiger partial charge in [0.2, 0.25) is 0 Å². The fourth-order valence-electron chi connectivity index (χ4n) is 2.18. The van der Waals surface area contributed by atoms with E-state index in [4.69, 9.17) is 0 Å². The quantitative estimate of drug-likeness (QED) is 0.682. The van der Waals surface area contributed by atoms with Gasteiger partial charge in [-0.05, 0) is 51.5 Å². The highest BCUT2D eigenvalue weighted by atomic mass is 16.3. The number of hydrogen-bond donors (Lipinski definition) is 2. The molecule has 1 rings (SSSR count). The van der Waals surface area contributed by atoms with E-state index in [2.05, 4.69) is 12.2 Å². The summed E-state index contributed by atoms with van der Waals surface area (Å²) in [5.74, 6) is 0. The molecule has 0 unspecified atom stereocenters. The highest BCUT2D eigenvalue weighted by molar-refractivity contribution is 4.72. The van der Waals surface area contributed by atoms with Crippen LogP contribution in [-0.4, -0.2) is 23.8 Å². The topological polar surface area (TPSA) is 32.3 Å². The minimum absolute atomic E-state index is 0.0217. The molecule has 1 saturated carbocycles. The van der Waals surface area contributed by atoms with Crippen molar-refractivity contribution >= 4 is 0 Å².